The Labute approximate surface area is 204 Å². The molecule has 1 aromatic carbocycles. The molecule has 2 saturated heterocycles. The Bertz CT molecular complexity index is 1080. The Morgan fingerprint density at radius 1 is 1.08 bits per heavy atom. The van der Waals surface area contributed by atoms with Crippen LogP contribution in [-0.4, -0.2) is 63.3 Å². The van der Waals surface area contributed by atoms with Crippen molar-refractivity contribution in [3.63, 3.8) is 0 Å². The predicted molar refractivity (Wildman–Crippen MR) is 118 cm³/mol. The maximum absolute atomic E-state index is 14.2. The van der Waals surface area contributed by atoms with Gasteiger partial charge in [0.15, 0.2) is 0 Å². The highest BCUT2D eigenvalue weighted by molar-refractivity contribution is 5.96. The van der Waals surface area contributed by atoms with Crippen molar-refractivity contribution in [3.05, 3.63) is 52.4 Å². The summed E-state index contributed by atoms with van der Waals surface area (Å²) >= 11 is 0. The van der Waals surface area contributed by atoms with Crippen molar-refractivity contribution in [2.75, 3.05) is 19.6 Å². The van der Waals surface area contributed by atoms with Crippen molar-refractivity contribution in [2.24, 2.45) is 0 Å². The summed E-state index contributed by atoms with van der Waals surface area (Å²) in [5.74, 6) is -3.01. The van der Waals surface area contributed by atoms with Gasteiger partial charge in [-0.15, -0.1) is 0 Å². The molecule has 0 aliphatic carbocycles. The van der Waals surface area contributed by atoms with Gasteiger partial charge in [0.25, 0.3) is 5.91 Å². The first-order valence-corrected chi connectivity index (χ1v) is 11.6. The second-order valence-corrected chi connectivity index (χ2v) is 9.13. The van der Waals surface area contributed by atoms with Crippen LogP contribution in [0, 0.1) is 25.5 Å². The number of nitrogens with zero attached hydrogens (tertiary/aromatic N) is 3. The largest absolute Gasteiger partial charge is 0.490 e. The quantitative estimate of drug-likeness (QED) is 0.585. The summed E-state index contributed by atoms with van der Waals surface area (Å²) in [5.41, 5.74) is 1.52. The molecule has 2 aromatic rings. The average Bonchev–Trinajstić information content (AvgIpc) is 3.25. The van der Waals surface area contributed by atoms with Crippen LogP contribution in [0.15, 0.2) is 22.7 Å². The van der Waals surface area contributed by atoms with Gasteiger partial charge >= 0.3 is 12.1 Å². The van der Waals surface area contributed by atoms with E-state index in [0.717, 1.165) is 44.7 Å². The topological polar surface area (TPSA) is 86.9 Å². The predicted octanol–water partition coefficient (Wildman–Crippen LogP) is 4.86. The second kappa shape index (κ2) is 10.9. The molecular formula is C24H28F5N3O4. The molecule has 1 amide bonds. The molecule has 0 saturated carbocycles. The van der Waals surface area contributed by atoms with Gasteiger partial charge in [0, 0.05) is 30.7 Å². The molecule has 198 valence electrons. The van der Waals surface area contributed by atoms with Gasteiger partial charge in [0.05, 0.1) is 5.69 Å². The lowest BCUT2D eigenvalue weighted by atomic mass is 9.87. The first kappa shape index (κ1) is 27.6. The van der Waals surface area contributed by atoms with E-state index in [0.29, 0.717) is 42.2 Å². The molecule has 12 heteroatoms. The summed E-state index contributed by atoms with van der Waals surface area (Å²) in [6.45, 7) is 6.15. The highest BCUT2D eigenvalue weighted by Gasteiger charge is 2.42. The molecule has 1 unspecified atom stereocenters. The van der Waals surface area contributed by atoms with E-state index in [1.807, 2.05) is 4.90 Å². The number of likely N-dealkylation sites (tertiary alicyclic amines) is 2. The van der Waals surface area contributed by atoms with Gasteiger partial charge in [-0.05, 0) is 70.7 Å². The van der Waals surface area contributed by atoms with Crippen molar-refractivity contribution in [1.82, 2.24) is 15.0 Å². The van der Waals surface area contributed by atoms with Crippen LogP contribution < -0.4 is 0 Å². The van der Waals surface area contributed by atoms with Gasteiger partial charge in [-0.1, -0.05) is 5.16 Å². The molecule has 0 radical (unpaired) electrons. The number of carboxylic acid groups (broad SMARTS) is 1. The van der Waals surface area contributed by atoms with Crippen molar-refractivity contribution in [2.45, 2.75) is 64.2 Å². The Balaban J connectivity index is 0.000000454. The molecule has 1 atom stereocenters. The third kappa shape index (κ3) is 6.21. The van der Waals surface area contributed by atoms with Gasteiger partial charge in [-0.25, -0.2) is 13.6 Å². The van der Waals surface area contributed by atoms with E-state index in [4.69, 9.17) is 14.4 Å². The van der Waals surface area contributed by atoms with Crippen LogP contribution in [-0.2, 0) is 11.3 Å². The summed E-state index contributed by atoms with van der Waals surface area (Å²) in [7, 11) is 0. The Kier molecular flexibility index (Phi) is 8.37. The molecule has 36 heavy (non-hydrogen) atoms. The van der Waals surface area contributed by atoms with E-state index in [1.165, 1.54) is 12.1 Å². The molecule has 1 aromatic heterocycles. The fourth-order valence-electron chi connectivity index (χ4n) is 5.01. The number of halogens is 5. The van der Waals surface area contributed by atoms with Crippen LogP contribution in [0.2, 0.25) is 0 Å². The van der Waals surface area contributed by atoms with Gasteiger partial charge in [0.2, 0.25) is 0 Å². The van der Waals surface area contributed by atoms with Crippen LogP contribution in [0.3, 0.4) is 0 Å². The minimum absolute atomic E-state index is 0.0287. The van der Waals surface area contributed by atoms with E-state index >= 15 is 0 Å². The van der Waals surface area contributed by atoms with Crippen LogP contribution in [0.1, 0.15) is 59.5 Å². The molecule has 1 spiro atoms. The fourth-order valence-corrected chi connectivity index (χ4v) is 5.01. The Morgan fingerprint density at radius 2 is 1.72 bits per heavy atom. The van der Waals surface area contributed by atoms with Gasteiger partial charge in [-0.3, -0.25) is 9.69 Å². The lowest BCUT2D eigenvalue weighted by Gasteiger charge is -2.38. The second-order valence-electron chi connectivity index (χ2n) is 9.13. The number of amides is 1. The number of carboxylic acids is 1. The van der Waals surface area contributed by atoms with Gasteiger partial charge in [-0.2, -0.15) is 13.2 Å². The monoisotopic (exact) mass is 517 g/mol. The molecule has 2 aliphatic heterocycles. The summed E-state index contributed by atoms with van der Waals surface area (Å²) in [5, 5.41) is 11.0. The van der Waals surface area contributed by atoms with Crippen LogP contribution in [0.4, 0.5) is 22.0 Å². The van der Waals surface area contributed by atoms with Crippen LogP contribution in [0.5, 0.6) is 0 Å². The minimum atomic E-state index is -5.08. The number of benzene rings is 1. The molecule has 0 bridgehead atoms. The lowest BCUT2D eigenvalue weighted by Crippen LogP contribution is -2.44. The molecule has 1 N–H and O–H groups in total. The maximum Gasteiger partial charge on any atom is 0.490 e. The highest BCUT2D eigenvalue weighted by Crippen LogP contribution is 2.40. The average molecular weight is 517 g/mol. The summed E-state index contributed by atoms with van der Waals surface area (Å²) in [6.07, 6.45) is -0.350. The third-order valence-corrected chi connectivity index (χ3v) is 6.80. The summed E-state index contributed by atoms with van der Waals surface area (Å²) in [6, 6.07) is 3.65. The van der Waals surface area contributed by atoms with Crippen LogP contribution >= 0.6 is 0 Å². The van der Waals surface area contributed by atoms with Crippen molar-refractivity contribution >= 4 is 11.9 Å². The number of alkyl halides is 3. The van der Waals surface area contributed by atoms with E-state index in [2.05, 4.69) is 10.1 Å². The van der Waals surface area contributed by atoms with Gasteiger partial charge < -0.3 is 14.5 Å². The number of aryl methyl sites for hydroxylation is 2. The van der Waals surface area contributed by atoms with Crippen molar-refractivity contribution in [1.29, 1.82) is 0 Å². The minimum Gasteiger partial charge on any atom is -0.475 e. The number of hydrogen-bond donors (Lipinski definition) is 1. The summed E-state index contributed by atoms with van der Waals surface area (Å²) in [4.78, 5) is 26.1. The van der Waals surface area contributed by atoms with Crippen LogP contribution in [0.25, 0.3) is 0 Å². The SMILES string of the molecule is Cc1noc(C)c1C(=O)N1CCCC2(CCCN2Cc2cc(F)ccc2F)CC1.O=C(O)C(F)(F)F. The Hall–Kier alpha value is -3.02. The number of aliphatic carboxylic acids is 1. The maximum atomic E-state index is 14.2. The number of carbonyl (C=O) groups excluding carboxylic acids is 1. The van der Waals surface area contributed by atoms with E-state index in [9.17, 15) is 26.7 Å². The molecule has 4 rings (SSSR count). The number of aromatic nitrogens is 1. The smallest absolute Gasteiger partial charge is 0.475 e. The standard InChI is InChI=1S/C22H27F2N3O2.C2HF3O2/c1-15-20(16(2)29-25-15)21(28)26-10-3-7-22(9-12-26)8-4-11-27(22)14-17-13-18(23)5-6-19(17)24;3-2(4,5)1(6)7/h5-6,13H,3-4,7-12,14H2,1-2H3;(H,6,7). The number of rotatable bonds is 3. The first-order chi connectivity index (χ1) is 16.8. The molecule has 3 heterocycles. The highest BCUT2D eigenvalue weighted by atomic mass is 19.4. The lowest BCUT2D eigenvalue weighted by molar-refractivity contribution is -0.192. The van der Waals surface area contributed by atoms with E-state index < -0.39 is 18.0 Å². The molecule has 2 aliphatic rings. The summed E-state index contributed by atoms with van der Waals surface area (Å²) < 4.78 is 64.7. The molecule has 7 nitrogen and oxygen atoms in total. The van der Waals surface area contributed by atoms with E-state index in [-0.39, 0.29) is 17.3 Å². The zero-order valence-electron chi connectivity index (χ0n) is 20.0. The Morgan fingerprint density at radius 3 is 2.31 bits per heavy atom. The van der Waals surface area contributed by atoms with Crippen molar-refractivity contribution in [3.8, 4) is 0 Å². The fraction of sp³-hybridized carbons (Fsp3) is 0.542. The number of carbonyl (C=O) groups is 2. The normalized spacial score (nSPS) is 20.7. The number of hydrogen-bond acceptors (Lipinski definition) is 5. The molecule has 2 fully saturated rings. The molecular weight excluding hydrogens is 489 g/mol. The van der Waals surface area contributed by atoms with Gasteiger partial charge in [0.1, 0.15) is 23.0 Å². The first-order valence-electron chi connectivity index (χ1n) is 11.6. The van der Waals surface area contributed by atoms with Crippen molar-refractivity contribution < 1.29 is 41.2 Å². The zero-order valence-corrected chi connectivity index (χ0v) is 20.0. The third-order valence-electron chi connectivity index (χ3n) is 6.80. The zero-order chi connectivity index (χ0) is 26.7. The van der Waals surface area contributed by atoms with E-state index in [1.54, 1.807) is 13.8 Å².